The molecule has 2 heterocycles. The highest BCUT2D eigenvalue weighted by molar-refractivity contribution is 7.15. The zero-order chi connectivity index (χ0) is 18.1. The molecule has 0 bridgehead atoms. The molecule has 0 N–H and O–H groups in total. The normalized spacial score (nSPS) is 11.8. The van der Waals surface area contributed by atoms with Crippen LogP contribution in [0.4, 0.5) is 0 Å². The molecule has 0 aliphatic carbocycles. The molecule has 0 radical (unpaired) electrons. The second-order valence-electron chi connectivity index (χ2n) is 5.12. The summed E-state index contributed by atoms with van der Waals surface area (Å²) in [7, 11) is 2.91. The summed E-state index contributed by atoms with van der Waals surface area (Å²) in [6.07, 6.45) is 1.68. The fraction of sp³-hybridized carbons (Fsp3) is 0.250. The minimum Gasteiger partial charge on any atom is -0.493 e. The van der Waals surface area contributed by atoms with Gasteiger partial charge in [-0.1, -0.05) is 11.3 Å². The molecule has 0 saturated heterocycles. The van der Waals surface area contributed by atoms with Gasteiger partial charge >= 0.3 is 5.97 Å². The number of carbonyl (C=O) groups excluding carboxylic acids is 1. The van der Waals surface area contributed by atoms with Crippen molar-refractivity contribution in [3.05, 3.63) is 38.4 Å². The summed E-state index contributed by atoms with van der Waals surface area (Å²) in [6.45, 7) is 3.02. The average molecular weight is 361 g/mol. The van der Waals surface area contributed by atoms with E-state index in [1.165, 1.54) is 37.0 Å². The molecule has 1 aromatic carbocycles. The summed E-state index contributed by atoms with van der Waals surface area (Å²) in [5.74, 6) is 0.891. The molecule has 3 rings (SSSR count). The third-order valence-corrected chi connectivity index (χ3v) is 4.27. The quantitative estimate of drug-likeness (QED) is 0.505. The molecule has 0 fully saturated rings. The lowest BCUT2D eigenvalue weighted by Crippen LogP contribution is -2.23. The Morgan fingerprint density at radius 1 is 1.24 bits per heavy atom. The molecule has 2 aromatic heterocycles. The zero-order valence-corrected chi connectivity index (χ0v) is 14.8. The fourth-order valence-corrected chi connectivity index (χ4v) is 3.26. The number of ether oxygens (including phenoxy) is 3. The van der Waals surface area contributed by atoms with Gasteiger partial charge in [-0.2, -0.15) is 4.52 Å². The van der Waals surface area contributed by atoms with Crippen molar-refractivity contribution in [2.24, 2.45) is 0 Å². The number of hydrogen-bond donors (Lipinski definition) is 0. The third kappa shape index (κ3) is 3.18. The van der Waals surface area contributed by atoms with Gasteiger partial charge in [-0.25, -0.2) is 4.98 Å². The van der Waals surface area contributed by atoms with Gasteiger partial charge in [0.25, 0.3) is 5.56 Å². The Bertz CT molecular complexity index is 1040. The molecule has 0 amide bonds. The summed E-state index contributed by atoms with van der Waals surface area (Å²) in [5.41, 5.74) is 0.408. The van der Waals surface area contributed by atoms with Crippen LogP contribution in [0.15, 0.2) is 16.9 Å². The molecule has 0 saturated carbocycles. The number of methoxy groups -OCH3 is 2. The van der Waals surface area contributed by atoms with Crippen LogP contribution in [0.5, 0.6) is 17.2 Å². The van der Waals surface area contributed by atoms with E-state index in [2.05, 4.69) is 10.1 Å². The molecule has 0 aliphatic rings. The van der Waals surface area contributed by atoms with Gasteiger partial charge in [0.05, 0.1) is 18.8 Å². The molecule has 130 valence electrons. The zero-order valence-electron chi connectivity index (χ0n) is 14.0. The van der Waals surface area contributed by atoms with E-state index in [4.69, 9.17) is 14.2 Å². The summed E-state index contributed by atoms with van der Waals surface area (Å²) in [5, 5.41) is 4.07. The van der Waals surface area contributed by atoms with Gasteiger partial charge < -0.3 is 14.2 Å². The lowest BCUT2D eigenvalue weighted by Gasteiger charge is -2.13. The van der Waals surface area contributed by atoms with Crippen LogP contribution in [-0.2, 0) is 4.79 Å². The second kappa shape index (κ2) is 6.52. The first-order valence-corrected chi connectivity index (χ1v) is 8.07. The van der Waals surface area contributed by atoms with Crippen LogP contribution in [0.3, 0.4) is 0 Å². The van der Waals surface area contributed by atoms with Crippen LogP contribution in [0.25, 0.3) is 11.0 Å². The number of carbonyl (C=O) groups is 1. The number of benzene rings is 1. The lowest BCUT2D eigenvalue weighted by molar-refractivity contribution is -0.132. The smallest absolute Gasteiger partial charge is 0.308 e. The van der Waals surface area contributed by atoms with Crippen LogP contribution in [0.1, 0.15) is 18.3 Å². The van der Waals surface area contributed by atoms with Crippen LogP contribution in [0, 0.1) is 6.92 Å². The van der Waals surface area contributed by atoms with E-state index in [1.807, 2.05) is 0 Å². The Kier molecular flexibility index (Phi) is 4.41. The summed E-state index contributed by atoms with van der Waals surface area (Å²) < 4.78 is 17.4. The summed E-state index contributed by atoms with van der Waals surface area (Å²) in [6, 6.07) is 3.31. The van der Waals surface area contributed by atoms with Crippen LogP contribution in [0.2, 0.25) is 0 Å². The van der Waals surface area contributed by atoms with Gasteiger partial charge in [0, 0.05) is 6.92 Å². The average Bonchev–Trinajstić information content (AvgIpc) is 3.06. The molecule has 0 atom stereocenters. The number of thiazole rings is 1. The lowest BCUT2D eigenvalue weighted by atomic mass is 10.1. The molecule has 25 heavy (non-hydrogen) atoms. The first-order valence-electron chi connectivity index (χ1n) is 7.25. The van der Waals surface area contributed by atoms with Gasteiger partial charge in [0.1, 0.15) is 5.82 Å². The van der Waals surface area contributed by atoms with Crippen LogP contribution < -0.4 is 24.3 Å². The maximum atomic E-state index is 12.4. The van der Waals surface area contributed by atoms with E-state index in [0.29, 0.717) is 32.4 Å². The van der Waals surface area contributed by atoms with Gasteiger partial charge in [0.2, 0.25) is 10.7 Å². The standard InChI is InChI=1S/C16H15N3O5S/c1-8-17-16-19(18-8)15(21)13(25-16)7-10-5-11(22-3)14(24-9(2)20)12(6-10)23-4/h5-7H,1-4H3/b13-7-. The van der Waals surface area contributed by atoms with Gasteiger partial charge in [-0.05, 0) is 30.7 Å². The Labute approximate surface area is 146 Å². The number of esters is 1. The van der Waals surface area contributed by atoms with Crippen molar-refractivity contribution in [3.63, 3.8) is 0 Å². The molecule has 3 aromatic rings. The monoisotopic (exact) mass is 361 g/mol. The minimum absolute atomic E-state index is 0.190. The number of nitrogens with zero attached hydrogens (tertiary/aromatic N) is 3. The van der Waals surface area contributed by atoms with E-state index in [0.717, 1.165) is 0 Å². The molecule has 0 unspecified atom stereocenters. The van der Waals surface area contributed by atoms with Crippen molar-refractivity contribution in [3.8, 4) is 17.2 Å². The first kappa shape index (κ1) is 16.9. The number of aryl methyl sites for hydroxylation is 1. The highest BCUT2D eigenvalue weighted by atomic mass is 32.1. The number of hydrogen-bond acceptors (Lipinski definition) is 8. The topological polar surface area (TPSA) is 92.0 Å². The summed E-state index contributed by atoms with van der Waals surface area (Å²) in [4.78, 5) is 28.4. The van der Waals surface area contributed by atoms with E-state index in [9.17, 15) is 9.59 Å². The Balaban J connectivity index is 2.16. The van der Waals surface area contributed by atoms with E-state index in [1.54, 1.807) is 25.1 Å². The molecular formula is C16H15N3O5S. The van der Waals surface area contributed by atoms with Crippen molar-refractivity contribution in [2.45, 2.75) is 13.8 Å². The van der Waals surface area contributed by atoms with E-state index >= 15 is 0 Å². The van der Waals surface area contributed by atoms with Crippen molar-refractivity contribution in [1.29, 1.82) is 0 Å². The summed E-state index contributed by atoms with van der Waals surface area (Å²) >= 11 is 1.24. The Morgan fingerprint density at radius 2 is 1.88 bits per heavy atom. The van der Waals surface area contributed by atoms with Crippen molar-refractivity contribution in [2.75, 3.05) is 14.2 Å². The molecular weight excluding hydrogens is 346 g/mol. The van der Waals surface area contributed by atoms with Crippen LogP contribution in [-0.4, -0.2) is 34.8 Å². The molecule has 0 aliphatic heterocycles. The largest absolute Gasteiger partial charge is 0.493 e. The van der Waals surface area contributed by atoms with E-state index in [-0.39, 0.29) is 11.3 Å². The molecule has 9 heteroatoms. The van der Waals surface area contributed by atoms with Gasteiger partial charge in [-0.3, -0.25) is 9.59 Å². The highest BCUT2D eigenvalue weighted by Gasteiger charge is 2.16. The maximum Gasteiger partial charge on any atom is 0.308 e. The fourth-order valence-electron chi connectivity index (χ4n) is 2.31. The third-order valence-electron chi connectivity index (χ3n) is 3.31. The number of aromatic nitrogens is 3. The van der Waals surface area contributed by atoms with Crippen molar-refractivity contribution < 1.29 is 19.0 Å². The maximum absolute atomic E-state index is 12.4. The predicted octanol–water partition coefficient (Wildman–Crippen LogP) is 0.950. The highest BCUT2D eigenvalue weighted by Crippen LogP contribution is 2.38. The second-order valence-corrected chi connectivity index (χ2v) is 6.13. The Hall–Kier alpha value is -2.94. The number of rotatable bonds is 4. The first-order chi connectivity index (χ1) is 11.9. The number of fused-ring (bicyclic) bond motifs is 1. The van der Waals surface area contributed by atoms with Crippen molar-refractivity contribution >= 4 is 28.3 Å². The molecule has 8 nitrogen and oxygen atoms in total. The Morgan fingerprint density at radius 3 is 2.40 bits per heavy atom. The molecule has 0 spiro atoms. The predicted molar refractivity (Wildman–Crippen MR) is 91.5 cm³/mol. The van der Waals surface area contributed by atoms with Crippen molar-refractivity contribution in [1.82, 2.24) is 14.6 Å². The van der Waals surface area contributed by atoms with E-state index < -0.39 is 5.97 Å². The van der Waals surface area contributed by atoms with Crippen LogP contribution >= 0.6 is 11.3 Å². The SMILES string of the molecule is COc1cc(/C=c2\sc3nc(C)nn3c2=O)cc(OC)c1OC(C)=O. The minimum atomic E-state index is -0.490. The van der Waals surface area contributed by atoms with Gasteiger partial charge in [-0.15, -0.1) is 5.10 Å². The van der Waals surface area contributed by atoms with Gasteiger partial charge in [0.15, 0.2) is 11.5 Å².